The molecule has 0 amide bonds. The standard InChI is InChI=1S/C12H15N3O/c1-16-12(4-5-12)3-2-9-6-11(14)15-8-10(9)7-13/h6,8H,2-5H2,1H3,(H2,14,15). The van der Waals surface area contributed by atoms with Gasteiger partial charge in [0.1, 0.15) is 11.9 Å². The van der Waals surface area contributed by atoms with E-state index in [1.165, 1.54) is 6.20 Å². The second-order valence-electron chi connectivity index (χ2n) is 4.27. The molecule has 2 N–H and O–H groups in total. The van der Waals surface area contributed by atoms with Crippen LogP contribution >= 0.6 is 0 Å². The Morgan fingerprint density at radius 3 is 2.94 bits per heavy atom. The Bertz CT molecular complexity index is 432. The number of anilines is 1. The van der Waals surface area contributed by atoms with Gasteiger partial charge in [-0.1, -0.05) is 0 Å². The number of methoxy groups -OCH3 is 1. The number of aromatic nitrogens is 1. The molecule has 0 aromatic carbocycles. The van der Waals surface area contributed by atoms with Crippen LogP contribution in [-0.2, 0) is 11.2 Å². The summed E-state index contributed by atoms with van der Waals surface area (Å²) in [5.74, 6) is 0.469. The van der Waals surface area contributed by atoms with E-state index in [0.717, 1.165) is 31.2 Å². The first-order valence-corrected chi connectivity index (χ1v) is 5.39. The maximum atomic E-state index is 8.95. The minimum absolute atomic E-state index is 0.0603. The van der Waals surface area contributed by atoms with Crippen LogP contribution in [0.5, 0.6) is 0 Å². The van der Waals surface area contributed by atoms with E-state index in [0.29, 0.717) is 11.4 Å². The maximum Gasteiger partial charge on any atom is 0.123 e. The first-order valence-electron chi connectivity index (χ1n) is 5.39. The zero-order valence-corrected chi connectivity index (χ0v) is 9.36. The summed E-state index contributed by atoms with van der Waals surface area (Å²) in [6.45, 7) is 0. The summed E-state index contributed by atoms with van der Waals surface area (Å²) in [6.07, 6.45) is 5.54. The van der Waals surface area contributed by atoms with Crippen molar-refractivity contribution in [1.82, 2.24) is 4.98 Å². The number of nitrogens with zero attached hydrogens (tertiary/aromatic N) is 2. The molecule has 1 aromatic rings. The summed E-state index contributed by atoms with van der Waals surface area (Å²) in [7, 11) is 1.75. The molecule has 2 rings (SSSR count). The smallest absolute Gasteiger partial charge is 0.123 e. The minimum Gasteiger partial charge on any atom is -0.384 e. The van der Waals surface area contributed by atoms with Crippen LogP contribution in [0.15, 0.2) is 12.3 Å². The zero-order chi connectivity index (χ0) is 11.6. The quantitative estimate of drug-likeness (QED) is 0.832. The third kappa shape index (κ3) is 2.15. The van der Waals surface area contributed by atoms with Crippen molar-refractivity contribution in [2.24, 2.45) is 0 Å². The lowest BCUT2D eigenvalue weighted by Crippen LogP contribution is -2.13. The second kappa shape index (κ2) is 4.11. The van der Waals surface area contributed by atoms with Crippen molar-refractivity contribution in [2.75, 3.05) is 12.8 Å². The van der Waals surface area contributed by atoms with Crippen molar-refractivity contribution in [3.63, 3.8) is 0 Å². The van der Waals surface area contributed by atoms with Crippen LogP contribution in [0.1, 0.15) is 30.4 Å². The molecule has 1 saturated carbocycles. The third-order valence-electron chi connectivity index (χ3n) is 3.22. The monoisotopic (exact) mass is 217 g/mol. The molecule has 0 spiro atoms. The van der Waals surface area contributed by atoms with Crippen molar-refractivity contribution in [3.8, 4) is 6.07 Å². The van der Waals surface area contributed by atoms with Crippen molar-refractivity contribution < 1.29 is 4.74 Å². The number of nitrogen functional groups attached to an aromatic ring is 1. The molecule has 4 nitrogen and oxygen atoms in total. The Morgan fingerprint density at radius 2 is 2.38 bits per heavy atom. The van der Waals surface area contributed by atoms with Gasteiger partial charge in [0, 0.05) is 13.3 Å². The van der Waals surface area contributed by atoms with Gasteiger partial charge in [-0.15, -0.1) is 0 Å². The lowest BCUT2D eigenvalue weighted by Gasteiger charge is -2.13. The molecule has 1 fully saturated rings. The van der Waals surface area contributed by atoms with E-state index in [9.17, 15) is 0 Å². The summed E-state index contributed by atoms with van der Waals surface area (Å²) >= 11 is 0. The Morgan fingerprint density at radius 1 is 1.62 bits per heavy atom. The van der Waals surface area contributed by atoms with Crippen LogP contribution < -0.4 is 5.73 Å². The lowest BCUT2D eigenvalue weighted by molar-refractivity contribution is 0.0731. The second-order valence-corrected chi connectivity index (χ2v) is 4.27. The molecule has 0 atom stereocenters. The topological polar surface area (TPSA) is 71.9 Å². The zero-order valence-electron chi connectivity index (χ0n) is 9.36. The molecular weight excluding hydrogens is 202 g/mol. The molecule has 1 heterocycles. The van der Waals surface area contributed by atoms with Crippen LogP contribution in [0.3, 0.4) is 0 Å². The van der Waals surface area contributed by atoms with E-state index in [-0.39, 0.29) is 5.60 Å². The molecule has 0 unspecified atom stereocenters. The average molecular weight is 217 g/mol. The van der Waals surface area contributed by atoms with Gasteiger partial charge in [0.05, 0.1) is 11.2 Å². The fourth-order valence-corrected chi connectivity index (χ4v) is 1.88. The highest BCUT2D eigenvalue weighted by atomic mass is 16.5. The van der Waals surface area contributed by atoms with Gasteiger partial charge in [-0.3, -0.25) is 0 Å². The number of aryl methyl sites for hydroxylation is 1. The maximum absolute atomic E-state index is 8.95. The molecule has 0 saturated heterocycles. The highest BCUT2D eigenvalue weighted by Crippen LogP contribution is 2.42. The molecule has 1 aliphatic carbocycles. The average Bonchev–Trinajstić information content (AvgIpc) is 3.07. The van der Waals surface area contributed by atoms with E-state index >= 15 is 0 Å². The van der Waals surface area contributed by atoms with Crippen LogP contribution in [0.2, 0.25) is 0 Å². The minimum atomic E-state index is 0.0603. The highest BCUT2D eigenvalue weighted by Gasteiger charge is 2.42. The largest absolute Gasteiger partial charge is 0.384 e. The molecule has 0 radical (unpaired) electrons. The Labute approximate surface area is 95.0 Å². The number of nitriles is 1. The predicted molar refractivity (Wildman–Crippen MR) is 60.7 cm³/mol. The third-order valence-corrected chi connectivity index (χ3v) is 3.22. The Balaban J connectivity index is 2.09. The van der Waals surface area contributed by atoms with Crippen molar-refractivity contribution >= 4 is 5.82 Å². The fourth-order valence-electron chi connectivity index (χ4n) is 1.88. The van der Waals surface area contributed by atoms with Crippen molar-refractivity contribution in [3.05, 3.63) is 23.4 Å². The van der Waals surface area contributed by atoms with Gasteiger partial charge < -0.3 is 10.5 Å². The molecular formula is C12H15N3O. The summed E-state index contributed by atoms with van der Waals surface area (Å²) in [5.41, 5.74) is 7.26. The van der Waals surface area contributed by atoms with Gasteiger partial charge in [0.2, 0.25) is 0 Å². The molecule has 1 aliphatic rings. The van der Waals surface area contributed by atoms with E-state index in [1.54, 1.807) is 13.2 Å². The number of pyridine rings is 1. The van der Waals surface area contributed by atoms with Gasteiger partial charge in [-0.05, 0) is 37.3 Å². The van der Waals surface area contributed by atoms with Gasteiger partial charge in [-0.2, -0.15) is 5.26 Å². The van der Waals surface area contributed by atoms with E-state index in [4.69, 9.17) is 15.7 Å². The number of hydrogen-bond donors (Lipinski definition) is 1. The van der Waals surface area contributed by atoms with Crippen LogP contribution in [0.25, 0.3) is 0 Å². The SMILES string of the molecule is COC1(CCc2cc(N)ncc2C#N)CC1. The van der Waals surface area contributed by atoms with E-state index in [1.807, 2.05) is 0 Å². The summed E-state index contributed by atoms with van der Waals surface area (Å²) in [4.78, 5) is 3.91. The molecule has 1 aromatic heterocycles. The lowest BCUT2D eigenvalue weighted by atomic mass is 10.0. The van der Waals surface area contributed by atoms with Gasteiger partial charge in [0.15, 0.2) is 0 Å². The van der Waals surface area contributed by atoms with Gasteiger partial charge >= 0.3 is 0 Å². The van der Waals surface area contributed by atoms with Crippen LogP contribution in [-0.4, -0.2) is 17.7 Å². The molecule has 84 valence electrons. The van der Waals surface area contributed by atoms with Gasteiger partial charge in [-0.25, -0.2) is 4.98 Å². The van der Waals surface area contributed by atoms with E-state index < -0.39 is 0 Å². The van der Waals surface area contributed by atoms with E-state index in [2.05, 4.69) is 11.1 Å². The number of nitrogens with two attached hydrogens (primary N) is 1. The predicted octanol–water partition coefficient (Wildman–Crippen LogP) is 1.65. The number of ether oxygens (including phenoxy) is 1. The number of hydrogen-bond acceptors (Lipinski definition) is 4. The fraction of sp³-hybridized carbons (Fsp3) is 0.500. The van der Waals surface area contributed by atoms with Crippen molar-refractivity contribution in [2.45, 2.75) is 31.3 Å². The summed E-state index contributed by atoms with van der Waals surface area (Å²) < 4.78 is 5.44. The molecule has 16 heavy (non-hydrogen) atoms. The molecule has 0 bridgehead atoms. The molecule has 0 aliphatic heterocycles. The van der Waals surface area contributed by atoms with Gasteiger partial charge in [0.25, 0.3) is 0 Å². The highest BCUT2D eigenvalue weighted by molar-refractivity contribution is 5.43. The van der Waals surface area contributed by atoms with Crippen molar-refractivity contribution in [1.29, 1.82) is 5.26 Å². The normalized spacial score (nSPS) is 16.8. The summed E-state index contributed by atoms with van der Waals surface area (Å²) in [6, 6.07) is 3.92. The first kappa shape index (κ1) is 10.9. The van der Waals surface area contributed by atoms with Crippen LogP contribution in [0.4, 0.5) is 5.82 Å². The Hall–Kier alpha value is -1.60. The van der Waals surface area contributed by atoms with Crippen LogP contribution in [0, 0.1) is 11.3 Å². The first-order chi connectivity index (χ1) is 7.69. The summed E-state index contributed by atoms with van der Waals surface area (Å²) in [5, 5.41) is 8.95. The number of rotatable bonds is 4. The molecule has 4 heteroatoms. The Kier molecular flexibility index (Phi) is 2.80.